The van der Waals surface area contributed by atoms with Gasteiger partial charge in [-0.05, 0) is 49.7 Å². The van der Waals surface area contributed by atoms with Crippen LogP contribution in [-0.2, 0) is 0 Å². The van der Waals surface area contributed by atoms with Gasteiger partial charge in [0.1, 0.15) is 0 Å². The van der Waals surface area contributed by atoms with Gasteiger partial charge in [0.25, 0.3) is 0 Å². The Morgan fingerprint density at radius 1 is 1.35 bits per heavy atom. The molecule has 0 aromatic carbocycles. The summed E-state index contributed by atoms with van der Waals surface area (Å²) in [4.78, 5) is 0. The molecule has 4 nitrogen and oxygen atoms in total. The van der Waals surface area contributed by atoms with Gasteiger partial charge in [-0.3, -0.25) is 5.43 Å². The molecule has 3 fully saturated rings. The minimum absolute atomic E-state index is 0.199. The molecule has 0 aromatic heterocycles. The fourth-order valence-corrected chi connectivity index (χ4v) is 5.10. The highest BCUT2D eigenvalue weighted by atomic mass is 32.1. The fourth-order valence-electron chi connectivity index (χ4n) is 5.05. The van der Waals surface area contributed by atoms with Gasteiger partial charge in [0.05, 0.1) is 5.60 Å². The minimum atomic E-state index is -0.550. The van der Waals surface area contributed by atoms with E-state index < -0.39 is 5.60 Å². The van der Waals surface area contributed by atoms with Crippen molar-refractivity contribution in [3.05, 3.63) is 0 Å². The number of fused-ring (bicyclic) bond motifs is 4. The molecule has 0 amide bonds. The average molecular weight is 295 g/mol. The molecule has 3 aliphatic rings. The zero-order chi connectivity index (χ0) is 14.3. The molecule has 3 rings (SSSR count). The molecule has 0 radical (unpaired) electrons. The first-order valence-electron chi connectivity index (χ1n) is 7.89. The summed E-state index contributed by atoms with van der Waals surface area (Å²) in [7, 11) is 0. The standard InChI is InChI=1S/C15H25N3OS/c1-9-10-5-4-7-12(13(10)17-18-14(16)20)15(19)8-3-2-6-11(9)15/h9-12,19H,2-8H2,1H3,(H3,16,18,20)/b17-13-/t9-,10-,11+,12-,15+/m0/s1. The Bertz CT molecular complexity index is 439. The van der Waals surface area contributed by atoms with Crippen LogP contribution in [-0.4, -0.2) is 21.5 Å². The van der Waals surface area contributed by atoms with Crippen LogP contribution in [0.1, 0.15) is 51.9 Å². The van der Waals surface area contributed by atoms with Crippen LogP contribution in [0.2, 0.25) is 0 Å². The van der Waals surface area contributed by atoms with E-state index in [4.69, 9.17) is 18.0 Å². The smallest absolute Gasteiger partial charge is 0.184 e. The summed E-state index contributed by atoms with van der Waals surface area (Å²) in [5.41, 5.74) is 8.85. The molecule has 4 N–H and O–H groups in total. The Kier molecular flexibility index (Phi) is 3.75. The quantitative estimate of drug-likeness (QED) is 0.512. The first kappa shape index (κ1) is 14.3. The summed E-state index contributed by atoms with van der Waals surface area (Å²) in [5.74, 6) is 1.63. The molecule has 20 heavy (non-hydrogen) atoms. The van der Waals surface area contributed by atoms with Gasteiger partial charge in [0.15, 0.2) is 5.11 Å². The van der Waals surface area contributed by atoms with Gasteiger partial charge >= 0.3 is 0 Å². The number of nitrogens with zero attached hydrogens (tertiary/aromatic N) is 1. The van der Waals surface area contributed by atoms with Crippen molar-refractivity contribution in [2.75, 3.05) is 0 Å². The van der Waals surface area contributed by atoms with Crippen LogP contribution in [0.5, 0.6) is 0 Å². The molecule has 0 aromatic rings. The van der Waals surface area contributed by atoms with Crippen molar-refractivity contribution < 1.29 is 5.11 Å². The Hall–Kier alpha value is -0.680. The Morgan fingerprint density at radius 2 is 2.15 bits per heavy atom. The van der Waals surface area contributed by atoms with E-state index in [9.17, 15) is 5.11 Å². The van der Waals surface area contributed by atoms with E-state index in [1.165, 1.54) is 25.7 Å². The van der Waals surface area contributed by atoms with Gasteiger partial charge in [-0.15, -0.1) is 0 Å². The minimum Gasteiger partial charge on any atom is -0.389 e. The van der Waals surface area contributed by atoms with Crippen LogP contribution in [0.25, 0.3) is 0 Å². The van der Waals surface area contributed by atoms with Gasteiger partial charge in [0.2, 0.25) is 0 Å². The summed E-state index contributed by atoms with van der Waals surface area (Å²) < 4.78 is 0. The van der Waals surface area contributed by atoms with E-state index in [1.807, 2.05) is 0 Å². The van der Waals surface area contributed by atoms with Crippen molar-refractivity contribution in [3.8, 4) is 0 Å². The zero-order valence-corrected chi connectivity index (χ0v) is 13.0. The van der Waals surface area contributed by atoms with E-state index >= 15 is 0 Å². The van der Waals surface area contributed by atoms with E-state index in [0.717, 1.165) is 25.0 Å². The van der Waals surface area contributed by atoms with Crippen molar-refractivity contribution in [2.45, 2.75) is 57.5 Å². The highest BCUT2D eigenvalue weighted by molar-refractivity contribution is 7.80. The lowest BCUT2D eigenvalue weighted by Gasteiger charge is -2.57. The SMILES string of the molecule is C[C@H]1[C@@H]2CCC[C@@H](/C2=N\NC(N)=S)[C@@]2(O)CCCC[C@H]12. The van der Waals surface area contributed by atoms with Gasteiger partial charge in [0, 0.05) is 17.5 Å². The molecule has 0 spiro atoms. The predicted octanol–water partition coefficient (Wildman–Crippen LogP) is 2.16. The van der Waals surface area contributed by atoms with Gasteiger partial charge in [-0.1, -0.05) is 26.2 Å². The fraction of sp³-hybridized carbons (Fsp3) is 0.867. The van der Waals surface area contributed by atoms with Crippen molar-refractivity contribution in [3.63, 3.8) is 0 Å². The molecule has 0 unspecified atom stereocenters. The van der Waals surface area contributed by atoms with Crippen molar-refractivity contribution in [2.24, 2.45) is 34.5 Å². The normalized spacial score (nSPS) is 45.8. The lowest BCUT2D eigenvalue weighted by atomic mass is 9.51. The number of hydrogen-bond donors (Lipinski definition) is 3. The molecule has 0 heterocycles. The average Bonchev–Trinajstić information content (AvgIpc) is 2.43. The number of hydrazone groups is 1. The zero-order valence-electron chi connectivity index (χ0n) is 12.1. The van der Waals surface area contributed by atoms with E-state index in [0.29, 0.717) is 17.8 Å². The van der Waals surface area contributed by atoms with Crippen LogP contribution >= 0.6 is 12.2 Å². The number of aliphatic hydroxyl groups is 1. The first-order chi connectivity index (χ1) is 9.54. The number of nitrogens with two attached hydrogens (primary N) is 1. The molecule has 3 saturated carbocycles. The van der Waals surface area contributed by atoms with Gasteiger partial charge < -0.3 is 10.8 Å². The molecular weight excluding hydrogens is 270 g/mol. The second kappa shape index (κ2) is 5.26. The molecule has 5 atom stereocenters. The largest absolute Gasteiger partial charge is 0.389 e. The van der Waals surface area contributed by atoms with E-state index in [2.05, 4.69) is 17.5 Å². The monoisotopic (exact) mass is 295 g/mol. The summed E-state index contributed by atoms with van der Waals surface area (Å²) in [5, 5.41) is 16.0. The Balaban J connectivity index is 1.96. The maximum Gasteiger partial charge on any atom is 0.184 e. The third-order valence-corrected chi connectivity index (χ3v) is 5.99. The molecule has 3 aliphatic carbocycles. The highest BCUT2D eigenvalue weighted by Gasteiger charge is 2.57. The molecule has 5 heteroatoms. The van der Waals surface area contributed by atoms with Gasteiger partial charge in [-0.2, -0.15) is 5.10 Å². The van der Waals surface area contributed by atoms with E-state index in [1.54, 1.807) is 0 Å². The highest BCUT2D eigenvalue weighted by Crippen LogP contribution is 2.55. The summed E-state index contributed by atoms with van der Waals surface area (Å²) in [6.45, 7) is 2.30. The van der Waals surface area contributed by atoms with Gasteiger partial charge in [-0.25, -0.2) is 0 Å². The Morgan fingerprint density at radius 3 is 2.90 bits per heavy atom. The maximum atomic E-state index is 11.3. The molecule has 0 saturated heterocycles. The van der Waals surface area contributed by atoms with Crippen molar-refractivity contribution in [1.82, 2.24) is 5.43 Å². The first-order valence-corrected chi connectivity index (χ1v) is 8.30. The Labute approximate surface area is 126 Å². The number of hydrogen-bond acceptors (Lipinski definition) is 3. The van der Waals surface area contributed by atoms with Crippen LogP contribution in [0.15, 0.2) is 5.10 Å². The topological polar surface area (TPSA) is 70.6 Å². The lowest BCUT2D eigenvalue weighted by molar-refractivity contribution is -0.122. The van der Waals surface area contributed by atoms with Crippen molar-refractivity contribution in [1.29, 1.82) is 0 Å². The third kappa shape index (κ3) is 2.15. The van der Waals surface area contributed by atoms with Crippen LogP contribution in [0, 0.1) is 23.7 Å². The summed E-state index contributed by atoms with van der Waals surface area (Å²) >= 11 is 4.86. The number of thiocarbonyl (C=S) groups is 1. The summed E-state index contributed by atoms with van der Waals surface area (Å²) in [6, 6.07) is 0. The van der Waals surface area contributed by atoms with Crippen LogP contribution in [0.4, 0.5) is 0 Å². The third-order valence-electron chi connectivity index (χ3n) is 5.90. The molecular formula is C15H25N3OS. The molecule has 2 bridgehead atoms. The van der Waals surface area contributed by atoms with E-state index in [-0.39, 0.29) is 11.0 Å². The predicted molar refractivity (Wildman–Crippen MR) is 84.3 cm³/mol. The number of nitrogens with one attached hydrogen (secondary N) is 1. The molecule has 0 aliphatic heterocycles. The second-order valence-corrected chi connectivity index (χ2v) is 7.25. The number of rotatable bonds is 1. The van der Waals surface area contributed by atoms with Crippen LogP contribution < -0.4 is 11.2 Å². The van der Waals surface area contributed by atoms with Crippen LogP contribution in [0.3, 0.4) is 0 Å². The second-order valence-electron chi connectivity index (χ2n) is 6.81. The summed E-state index contributed by atoms with van der Waals surface area (Å²) in [6.07, 6.45) is 7.91. The lowest BCUT2D eigenvalue weighted by Crippen LogP contribution is -2.61. The maximum absolute atomic E-state index is 11.3. The molecule has 112 valence electrons. The van der Waals surface area contributed by atoms with Crippen molar-refractivity contribution >= 4 is 23.0 Å².